The molecule has 0 spiro atoms. The number of rotatable bonds is 1. The summed E-state index contributed by atoms with van der Waals surface area (Å²) >= 11 is 0. The van der Waals surface area contributed by atoms with Gasteiger partial charge in [0.05, 0.1) is 11.3 Å². The van der Waals surface area contributed by atoms with Crippen LogP contribution in [0.1, 0.15) is 22.8 Å². The van der Waals surface area contributed by atoms with Gasteiger partial charge in [0.25, 0.3) is 0 Å². The van der Waals surface area contributed by atoms with Crippen LogP contribution in [0.25, 0.3) is 0 Å². The van der Waals surface area contributed by atoms with E-state index in [1.807, 2.05) is 6.07 Å². The fourth-order valence-corrected chi connectivity index (χ4v) is 1.94. The number of carbonyl (C=O) groups excluding carboxylic acids is 1. The zero-order chi connectivity index (χ0) is 11.0. The summed E-state index contributed by atoms with van der Waals surface area (Å²) < 4.78 is 0. The molecule has 1 N–H and O–H groups in total. The van der Waals surface area contributed by atoms with Crippen LogP contribution >= 0.6 is 0 Å². The average Bonchev–Trinajstić information content (AvgIpc) is 2.60. The Balaban J connectivity index is 2.58. The summed E-state index contributed by atoms with van der Waals surface area (Å²) in [6, 6.07) is 5.11. The first-order chi connectivity index (χ1) is 7.11. The lowest BCUT2D eigenvalue weighted by molar-refractivity contribution is -0.116. The highest BCUT2D eigenvalue weighted by Gasteiger charge is 2.27. The fourth-order valence-electron chi connectivity index (χ4n) is 1.94. The normalized spacial score (nSPS) is 13.8. The van der Waals surface area contributed by atoms with Crippen LogP contribution in [0.4, 0.5) is 5.69 Å². The van der Waals surface area contributed by atoms with E-state index in [-0.39, 0.29) is 11.5 Å². The van der Waals surface area contributed by atoms with Crippen molar-refractivity contribution in [2.24, 2.45) is 0 Å². The number of nitrogens with zero attached hydrogens (tertiary/aromatic N) is 1. The number of hydrogen-bond acceptors (Lipinski definition) is 2. The number of carboxylic acids is 1. The number of para-hydroxylation sites is 1. The summed E-state index contributed by atoms with van der Waals surface area (Å²) in [6.07, 6.45) is 0.732. The molecule has 0 bridgehead atoms. The van der Waals surface area contributed by atoms with Gasteiger partial charge >= 0.3 is 5.97 Å². The molecule has 0 aromatic heterocycles. The molecule has 0 saturated heterocycles. The number of amides is 1. The highest BCUT2D eigenvalue weighted by Crippen LogP contribution is 2.31. The molecule has 0 saturated carbocycles. The van der Waals surface area contributed by atoms with Gasteiger partial charge in [-0.05, 0) is 18.1 Å². The Labute approximate surface area is 87.1 Å². The number of anilines is 1. The van der Waals surface area contributed by atoms with Crippen molar-refractivity contribution >= 4 is 17.6 Å². The zero-order valence-electron chi connectivity index (χ0n) is 8.36. The van der Waals surface area contributed by atoms with Crippen LogP contribution in [0, 0.1) is 0 Å². The number of fused-ring (bicyclic) bond motifs is 1. The minimum Gasteiger partial charge on any atom is -0.478 e. The van der Waals surface area contributed by atoms with E-state index in [4.69, 9.17) is 5.11 Å². The Kier molecular flexibility index (Phi) is 2.19. The third kappa shape index (κ3) is 1.48. The molecule has 2 rings (SSSR count). The van der Waals surface area contributed by atoms with Crippen molar-refractivity contribution in [1.29, 1.82) is 0 Å². The van der Waals surface area contributed by atoms with Crippen LogP contribution in [-0.4, -0.2) is 23.5 Å². The Morgan fingerprint density at radius 1 is 1.40 bits per heavy atom. The van der Waals surface area contributed by atoms with Crippen LogP contribution in [0.5, 0.6) is 0 Å². The molecule has 4 heteroatoms. The summed E-state index contributed by atoms with van der Waals surface area (Å²) in [5.74, 6) is -1.09. The number of carbonyl (C=O) groups is 2. The van der Waals surface area contributed by atoms with Gasteiger partial charge in [-0.2, -0.15) is 0 Å². The van der Waals surface area contributed by atoms with Crippen LogP contribution in [-0.2, 0) is 11.2 Å². The van der Waals surface area contributed by atoms with Crippen LogP contribution in [0.3, 0.4) is 0 Å². The monoisotopic (exact) mass is 205 g/mol. The van der Waals surface area contributed by atoms with Crippen molar-refractivity contribution < 1.29 is 14.7 Å². The Morgan fingerprint density at radius 2 is 2.13 bits per heavy atom. The molecule has 0 aliphatic carbocycles. The maximum Gasteiger partial charge on any atom is 0.337 e. The van der Waals surface area contributed by atoms with Gasteiger partial charge in [0, 0.05) is 13.5 Å². The Bertz CT molecular complexity index is 439. The van der Waals surface area contributed by atoms with Gasteiger partial charge in [-0.25, -0.2) is 4.79 Å². The highest BCUT2D eigenvalue weighted by atomic mass is 16.4. The first-order valence-electron chi connectivity index (χ1n) is 4.74. The van der Waals surface area contributed by atoms with E-state index in [0.29, 0.717) is 12.2 Å². The number of benzene rings is 1. The minimum absolute atomic E-state index is 0.109. The summed E-state index contributed by atoms with van der Waals surface area (Å²) in [5.41, 5.74) is 1.71. The quantitative estimate of drug-likeness (QED) is 0.751. The number of aromatic carboxylic acids is 1. The van der Waals surface area contributed by atoms with Crippen LogP contribution < -0.4 is 4.90 Å². The molecule has 1 aromatic carbocycles. The Morgan fingerprint density at radius 3 is 2.73 bits per heavy atom. The van der Waals surface area contributed by atoms with Crippen molar-refractivity contribution in [2.45, 2.75) is 13.3 Å². The lowest BCUT2D eigenvalue weighted by Gasteiger charge is -2.16. The van der Waals surface area contributed by atoms with E-state index >= 15 is 0 Å². The molecule has 1 amide bonds. The maximum absolute atomic E-state index is 11.3. The number of carboxylic acid groups (broad SMARTS) is 1. The van der Waals surface area contributed by atoms with Crippen LogP contribution in [0.15, 0.2) is 18.2 Å². The van der Waals surface area contributed by atoms with E-state index < -0.39 is 5.97 Å². The Hall–Kier alpha value is -1.84. The second-order valence-corrected chi connectivity index (χ2v) is 3.54. The summed E-state index contributed by atoms with van der Waals surface area (Å²) in [4.78, 5) is 23.8. The molecule has 1 heterocycles. The molecule has 1 aromatic rings. The van der Waals surface area contributed by atoms with Gasteiger partial charge in [-0.3, -0.25) is 4.79 Å². The molecule has 0 radical (unpaired) electrons. The zero-order valence-corrected chi connectivity index (χ0v) is 8.36. The van der Waals surface area contributed by atoms with Gasteiger partial charge in [0.1, 0.15) is 0 Å². The number of hydrogen-bond donors (Lipinski definition) is 1. The molecular formula is C11H11NO3. The average molecular weight is 205 g/mol. The third-order valence-corrected chi connectivity index (χ3v) is 2.60. The lowest BCUT2D eigenvalue weighted by Crippen LogP contribution is -2.27. The van der Waals surface area contributed by atoms with Crippen molar-refractivity contribution in [3.05, 3.63) is 29.3 Å². The van der Waals surface area contributed by atoms with Gasteiger partial charge in [0.2, 0.25) is 5.91 Å². The van der Waals surface area contributed by atoms with E-state index in [0.717, 1.165) is 12.0 Å². The fraction of sp³-hybridized carbons (Fsp3) is 0.273. The standard InChI is InChI=1S/C11H11NO3/c1-7(13)12-6-5-8-3-2-4-9(10(8)12)11(14)15/h2-4H,5-6H2,1H3,(H,14,15). The van der Waals surface area contributed by atoms with Crippen molar-refractivity contribution in [3.63, 3.8) is 0 Å². The van der Waals surface area contributed by atoms with E-state index in [9.17, 15) is 9.59 Å². The predicted molar refractivity (Wildman–Crippen MR) is 55.1 cm³/mol. The van der Waals surface area contributed by atoms with E-state index in [1.54, 1.807) is 6.07 Å². The molecule has 0 atom stereocenters. The van der Waals surface area contributed by atoms with Crippen molar-refractivity contribution in [1.82, 2.24) is 0 Å². The second kappa shape index (κ2) is 3.38. The van der Waals surface area contributed by atoms with Gasteiger partial charge in [-0.15, -0.1) is 0 Å². The lowest BCUT2D eigenvalue weighted by atomic mass is 10.1. The first kappa shape index (κ1) is 9.71. The molecule has 0 fully saturated rings. The predicted octanol–water partition coefficient (Wildman–Crippen LogP) is 1.29. The molecule has 4 nitrogen and oxygen atoms in total. The van der Waals surface area contributed by atoms with E-state index in [1.165, 1.54) is 17.9 Å². The highest BCUT2D eigenvalue weighted by molar-refractivity contribution is 6.03. The van der Waals surface area contributed by atoms with Gasteiger partial charge in [-0.1, -0.05) is 12.1 Å². The smallest absolute Gasteiger partial charge is 0.337 e. The largest absolute Gasteiger partial charge is 0.478 e. The first-order valence-corrected chi connectivity index (χ1v) is 4.74. The van der Waals surface area contributed by atoms with Crippen LogP contribution in [0.2, 0.25) is 0 Å². The third-order valence-electron chi connectivity index (χ3n) is 2.60. The topological polar surface area (TPSA) is 57.6 Å². The molecule has 78 valence electrons. The van der Waals surface area contributed by atoms with Gasteiger partial charge < -0.3 is 10.0 Å². The summed E-state index contributed by atoms with van der Waals surface area (Å²) in [7, 11) is 0. The van der Waals surface area contributed by atoms with E-state index in [2.05, 4.69) is 0 Å². The molecular weight excluding hydrogens is 194 g/mol. The van der Waals surface area contributed by atoms with Crippen molar-refractivity contribution in [2.75, 3.05) is 11.4 Å². The molecule has 1 aliphatic rings. The molecule has 0 unspecified atom stereocenters. The minimum atomic E-state index is -0.986. The van der Waals surface area contributed by atoms with Gasteiger partial charge in [0.15, 0.2) is 0 Å². The molecule has 1 aliphatic heterocycles. The second-order valence-electron chi connectivity index (χ2n) is 3.54. The summed E-state index contributed by atoms with van der Waals surface area (Å²) in [5, 5.41) is 9.01. The molecule has 15 heavy (non-hydrogen) atoms. The summed E-state index contributed by atoms with van der Waals surface area (Å²) in [6.45, 7) is 2.03. The SMILES string of the molecule is CC(=O)N1CCc2cccc(C(=O)O)c21. The maximum atomic E-state index is 11.3. The van der Waals surface area contributed by atoms with Crippen molar-refractivity contribution in [3.8, 4) is 0 Å².